The number of aliphatic hydroxyl groups excluding tert-OH is 1. The normalized spacial score (nSPS) is 21.8. The molecule has 0 aliphatic carbocycles. The van der Waals surface area contributed by atoms with E-state index in [4.69, 9.17) is 28.3 Å². The van der Waals surface area contributed by atoms with Crippen molar-refractivity contribution >= 4 is 34.9 Å². The molecule has 41 heavy (non-hydrogen) atoms. The first-order valence-corrected chi connectivity index (χ1v) is 13.8. The number of nitriles is 1. The van der Waals surface area contributed by atoms with Crippen molar-refractivity contribution in [3.63, 3.8) is 0 Å². The van der Waals surface area contributed by atoms with Crippen LogP contribution in [0.3, 0.4) is 0 Å². The molecular weight excluding hydrogens is 571 g/mol. The summed E-state index contributed by atoms with van der Waals surface area (Å²) in [5.74, 6) is -2.94. The van der Waals surface area contributed by atoms with Gasteiger partial charge in [0.05, 0.1) is 22.7 Å². The van der Waals surface area contributed by atoms with Crippen LogP contribution >= 0.6 is 23.2 Å². The van der Waals surface area contributed by atoms with E-state index in [1.54, 1.807) is 11.0 Å². The van der Waals surface area contributed by atoms with Gasteiger partial charge in [0.1, 0.15) is 23.3 Å². The molecule has 1 aliphatic heterocycles. The zero-order valence-corrected chi connectivity index (χ0v) is 24.3. The minimum Gasteiger partial charge on any atom is -0.478 e. The van der Waals surface area contributed by atoms with Gasteiger partial charge in [-0.25, -0.2) is 13.6 Å². The molecule has 4 rings (SSSR count). The zero-order chi connectivity index (χ0) is 30.1. The maximum atomic E-state index is 15.7. The minimum atomic E-state index is -1.56. The van der Waals surface area contributed by atoms with Crippen LogP contribution in [0.15, 0.2) is 60.7 Å². The Morgan fingerprint density at radius 3 is 2.44 bits per heavy atom. The highest BCUT2D eigenvalue weighted by Gasteiger charge is 2.58. The van der Waals surface area contributed by atoms with Gasteiger partial charge in [0.2, 0.25) is 0 Å². The summed E-state index contributed by atoms with van der Waals surface area (Å²) in [5.41, 5.74) is -1.06. The van der Waals surface area contributed by atoms with Gasteiger partial charge in [0.25, 0.3) is 0 Å². The van der Waals surface area contributed by atoms with Crippen molar-refractivity contribution in [2.75, 3.05) is 18.4 Å². The SMILES string of the molecule is CC(C)(C)C[C@@H]1CN(CC(O)Nc2ccc(C(=O)O)cc2)[C@H](c2cccc(Cl)c2F)[C@@]1(C#N)c1ccc(Cl)cc1F. The van der Waals surface area contributed by atoms with Crippen molar-refractivity contribution in [2.45, 2.75) is 44.9 Å². The van der Waals surface area contributed by atoms with Crippen molar-refractivity contribution in [1.29, 1.82) is 5.26 Å². The van der Waals surface area contributed by atoms with E-state index in [0.717, 1.165) is 6.07 Å². The summed E-state index contributed by atoms with van der Waals surface area (Å²) in [6.45, 7) is 6.24. The monoisotopic (exact) mass is 601 g/mol. The number of carbonyl (C=O) groups is 1. The molecule has 216 valence electrons. The third-order valence-electron chi connectivity index (χ3n) is 7.46. The lowest BCUT2D eigenvalue weighted by Crippen LogP contribution is -2.42. The maximum Gasteiger partial charge on any atom is 0.335 e. The Balaban J connectivity index is 1.83. The van der Waals surface area contributed by atoms with Gasteiger partial charge in [-0.2, -0.15) is 5.26 Å². The highest BCUT2D eigenvalue weighted by atomic mass is 35.5. The van der Waals surface area contributed by atoms with Crippen molar-refractivity contribution in [2.24, 2.45) is 11.3 Å². The lowest BCUT2D eigenvalue weighted by molar-refractivity contribution is 0.0697. The number of hydrogen-bond donors (Lipinski definition) is 3. The molecule has 1 saturated heterocycles. The van der Waals surface area contributed by atoms with Gasteiger partial charge in [0, 0.05) is 34.9 Å². The Hall–Kier alpha value is -3.22. The average Bonchev–Trinajstić information content (AvgIpc) is 3.17. The van der Waals surface area contributed by atoms with Gasteiger partial charge in [-0.3, -0.25) is 4.90 Å². The topological polar surface area (TPSA) is 96.6 Å². The van der Waals surface area contributed by atoms with E-state index in [1.807, 2.05) is 20.8 Å². The fraction of sp³-hybridized carbons (Fsp3) is 0.355. The van der Waals surface area contributed by atoms with Crippen LogP contribution in [0.5, 0.6) is 0 Å². The van der Waals surface area contributed by atoms with Gasteiger partial charge in [-0.1, -0.05) is 62.2 Å². The highest BCUT2D eigenvalue weighted by molar-refractivity contribution is 6.31. The molecule has 0 spiro atoms. The molecule has 1 heterocycles. The quantitative estimate of drug-likeness (QED) is 0.235. The number of carboxylic acid groups (broad SMARTS) is 1. The van der Waals surface area contributed by atoms with Gasteiger partial charge in [0.15, 0.2) is 0 Å². The molecule has 10 heteroatoms. The van der Waals surface area contributed by atoms with E-state index in [2.05, 4.69) is 11.4 Å². The third kappa shape index (κ3) is 6.34. The number of nitrogens with zero attached hydrogens (tertiary/aromatic N) is 2. The predicted octanol–water partition coefficient (Wildman–Crippen LogP) is 7.27. The van der Waals surface area contributed by atoms with Crippen LogP contribution in [0.2, 0.25) is 10.0 Å². The lowest BCUT2D eigenvalue weighted by atomic mass is 9.63. The van der Waals surface area contributed by atoms with Crippen LogP contribution in [-0.4, -0.2) is 40.4 Å². The highest BCUT2D eigenvalue weighted by Crippen LogP contribution is 2.56. The molecule has 3 N–H and O–H groups in total. The van der Waals surface area contributed by atoms with Crippen molar-refractivity contribution in [1.82, 2.24) is 4.90 Å². The molecule has 0 aromatic heterocycles. The van der Waals surface area contributed by atoms with Crippen molar-refractivity contribution < 1.29 is 23.8 Å². The average molecular weight is 603 g/mol. The first kappa shape index (κ1) is 30.7. The second kappa shape index (κ2) is 11.9. The van der Waals surface area contributed by atoms with Crippen molar-refractivity contribution in [3.05, 3.63) is 99.0 Å². The number of anilines is 1. The number of nitrogens with one attached hydrogen (secondary N) is 1. The third-order valence-corrected chi connectivity index (χ3v) is 7.99. The summed E-state index contributed by atoms with van der Waals surface area (Å²) in [6, 6.07) is 15.9. The Bertz CT molecular complexity index is 1470. The standard InChI is InChI=1S/C31H31Cl2F2N3O3/c1-30(2,3)14-19-15-38(16-26(39)37-21-10-7-18(8-11-21)29(40)41)28(22-5-4-6-24(33)27(22)35)31(19,17-36)23-12-9-20(32)13-25(23)34/h4-13,19,26,28,37,39H,14-16H2,1-3H3,(H,40,41)/t19-,26?,28-,31-/m1/s1. The summed E-state index contributed by atoms with van der Waals surface area (Å²) in [6.07, 6.45) is -0.701. The van der Waals surface area contributed by atoms with E-state index >= 15 is 8.78 Å². The Kier molecular flexibility index (Phi) is 8.95. The Morgan fingerprint density at radius 2 is 1.85 bits per heavy atom. The fourth-order valence-corrected chi connectivity index (χ4v) is 6.28. The van der Waals surface area contributed by atoms with Crippen LogP contribution in [0, 0.1) is 34.3 Å². The molecule has 6 nitrogen and oxygen atoms in total. The molecule has 1 aliphatic rings. The number of likely N-dealkylation sites (tertiary alicyclic amines) is 1. The predicted molar refractivity (Wildman–Crippen MR) is 155 cm³/mol. The number of β-amino-alcohol motifs (C(OH)–C–C–N with tert-alkyl or cyclic N) is 1. The smallest absolute Gasteiger partial charge is 0.335 e. The van der Waals surface area contributed by atoms with E-state index in [0.29, 0.717) is 12.1 Å². The van der Waals surface area contributed by atoms with Crippen LogP contribution in [0.1, 0.15) is 54.7 Å². The molecule has 0 bridgehead atoms. The van der Waals surface area contributed by atoms with Crippen molar-refractivity contribution in [3.8, 4) is 6.07 Å². The molecule has 0 saturated carbocycles. The summed E-state index contributed by atoms with van der Waals surface area (Å²) >= 11 is 12.3. The van der Waals surface area contributed by atoms with Crippen LogP contribution in [-0.2, 0) is 5.41 Å². The summed E-state index contributed by atoms with van der Waals surface area (Å²) in [4.78, 5) is 13.0. The van der Waals surface area contributed by atoms with Crippen LogP contribution in [0.4, 0.5) is 14.5 Å². The number of aromatic carboxylic acids is 1. The summed E-state index contributed by atoms with van der Waals surface area (Å²) in [7, 11) is 0. The summed E-state index contributed by atoms with van der Waals surface area (Å²) < 4.78 is 31.4. The van der Waals surface area contributed by atoms with Crippen LogP contribution < -0.4 is 5.32 Å². The molecule has 3 aromatic rings. The molecule has 1 fully saturated rings. The number of carboxylic acids is 1. The maximum absolute atomic E-state index is 15.7. The van der Waals surface area contributed by atoms with Gasteiger partial charge in [-0.05, 0) is 60.2 Å². The molecule has 0 amide bonds. The van der Waals surface area contributed by atoms with E-state index in [1.165, 1.54) is 48.5 Å². The summed E-state index contributed by atoms with van der Waals surface area (Å²) in [5, 5.41) is 34.1. The van der Waals surface area contributed by atoms with Gasteiger partial charge >= 0.3 is 5.97 Å². The Labute approximate surface area is 248 Å². The number of hydrogen-bond acceptors (Lipinski definition) is 5. The van der Waals surface area contributed by atoms with Gasteiger partial charge in [-0.15, -0.1) is 0 Å². The molecule has 3 aromatic carbocycles. The molecule has 4 atom stereocenters. The van der Waals surface area contributed by atoms with E-state index in [9.17, 15) is 15.2 Å². The second-order valence-corrected chi connectivity index (χ2v) is 12.5. The number of rotatable bonds is 8. The van der Waals surface area contributed by atoms with Gasteiger partial charge < -0.3 is 15.5 Å². The zero-order valence-electron chi connectivity index (χ0n) is 22.8. The lowest BCUT2D eigenvalue weighted by Gasteiger charge is -2.38. The molecule has 1 unspecified atom stereocenters. The molecule has 0 radical (unpaired) electrons. The van der Waals surface area contributed by atoms with Crippen LogP contribution in [0.25, 0.3) is 0 Å². The first-order chi connectivity index (χ1) is 19.3. The van der Waals surface area contributed by atoms with E-state index < -0.39 is 41.2 Å². The van der Waals surface area contributed by atoms with E-state index in [-0.39, 0.29) is 45.2 Å². The number of aliphatic hydroxyl groups is 1. The first-order valence-electron chi connectivity index (χ1n) is 13.1. The number of halogens is 4. The fourth-order valence-electron chi connectivity index (χ4n) is 5.94. The largest absolute Gasteiger partial charge is 0.478 e. The Morgan fingerprint density at radius 1 is 1.17 bits per heavy atom. The second-order valence-electron chi connectivity index (χ2n) is 11.6. The molecular formula is C31H31Cl2F2N3O3. The minimum absolute atomic E-state index is 0.0589. The number of benzene rings is 3.